The van der Waals surface area contributed by atoms with Crippen molar-refractivity contribution >= 4 is 11.9 Å². The Morgan fingerprint density at radius 1 is 1.43 bits per heavy atom. The van der Waals surface area contributed by atoms with Gasteiger partial charge in [0.1, 0.15) is 5.76 Å². The van der Waals surface area contributed by atoms with Gasteiger partial charge < -0.3 is 14.6 Å². The predicted molar refractivity (Wildman–Crippen MR) is 45.8 cm³/mol. The van der Waals surface area contributed by atoms with Crippen molar-refractivity contribution in [3.05, 3.63) is 35.8 Å². The van der Waals surface area contributed by atoms with Crippen LogP contribution in [0.5, 0.6) is 0 Å². The van der Waals surface area contributed by atoms with Crippen LogP contribution in [0.4, 0.5) is 0 Å². The lowest BCUT2D eigenvalue weighted by molar-refractivity contribution is -0.135. The molecule has 0 aliphatic heterocycles. The van der Waals surface area contributed by atoms with Crippen molar-refractivity contribution < 1.29 is 24.2 Å². The van der Waals surface area contributed by atoms with Gasteiger partial charge in [-0.2, -0.15) is 0 Å². The summed E-state index contributed by atoms with van der Waals surface area (Å²) in [6.07, 6.45) is 2.02. The Hall–Kier alpha value is -2.04. The van der Waals surface area contributed by atoms with E-state index in [9.17, 15) is 9.59 Å². The van der Waals surface area contributed by atoms with Crippen molar-refractivity contribution in [2.24, 2.45) is 0 Å². The maximum Gasteiger partial charge on any atom is 0.332 e. The molecule has 0 amide bonds. The van der Waals surface area contributed by atoms with Gasteiger partial charge in [-0.15, -0.1) is 0 Å². The van der Waals surface area contributed by atoms with Gasteiger partial charge in [-0.25, -0.2) is 9.59 Å². The molecular formula is C9H8O5. The summed E-state index contributed by atoms with van der Waals surface area (Å²) in [5, 5.41) is 17.0. The second kappa shape index (κ2) is 4.27. The molecule has 1 heterocycles. The first-order chi connectivity index (χ1) is 6.59. The number of carboxylic acids is 2. The topological polar surface area (TPSA) is 87.7 Å². The molecule has 0 bridgehead atoms. The van der Waals surface area contributed by atoms with Crippen molar-refractivity contribution in [1.82, 2.24) is 0 Å². The minimum absolute atomic E-state index is 0.0331. The van der Waals surface area contributed by atoms with Crippen LogP contribution < -0.4 is 0 Å². The second-order valence-corrected chi connectivity index (χ2v) is 2.57. The summed E-state index contributed by atoms with van der Waals surface area (Å²) >= 11 is 0. The molecule has 0 saturated carbocycles. The predicted octanol–water partition coefficient (Wildman–Crippen LogP) is 0.918. The van der Waals surface area contributed by atoms with E-state index < -0.39 is 11.9 Å². The lowest BCUT2D eigenvalue weighted by Gasteiger charge is -1.97. The summed E-state index contributed by atoms with van der Waals surface area (Å²) in [7, 11) is 0. The fourth-order valence-corrected chi connectivity index (χ4v) is 0.938. The molecule has 1 rings (SSSR count). The van der Waals surface area contributed by atoms with Crippen LogP contribution in [0.3, 0.4) is 0 Å². The molecule has 2 N–H and O–H groups in total. The molecule has 0 spiro atoms. The Morgan fingerprint density at radius 3 is 2.57 bits per heavy atom. The van der Waals surface area contributed by atoms with E-state index in [1.54, 1.807) is 12.1 Å². The Labute approximate surface area is 79.3 Å². The van der Waals surface area contributed by atoms with Gasteiger partial charge in [-0.3, -0.25) is 0 Å². The first kappa shape index (κ1) is 10.0. The Bertz CT molecular complexity index is 361. The minimum Gasteiger partial charge on any atom is -0.478 e. The van der Waals surface area contributed by atoms with E-state index in [0.29, 0.717) is 11.8 Å². The monoisotopic (exact) mass is 196 g/mol. The van der Waals surface area contributed by atoms with Gasteiger partial charge in [0.15, 0.2) is 0 Å². The number of hydrogen-bond acceptors (Lipinski definition) is 3. The molecule has 0 aromatic carbocycles. The third kappa shape index (κ3) is 2.78. The Kier molecular flexibility index (Phi) is 3.06. The SMILES string of the molecule is O=C(O)/C=C(/Cc1ccco1)C(=O)O. The highest BCUT2D eigenvalue weighted by Crippen LogP contribution is 2.08. The van der Waals surface area contributed by atoms with E-state index >= 15 is 0 Å². The molecule has 0 unspecified atom stereocenters. The van der Waals surface area contributed by atoms with Gasteiger partial charge in [0, 0.05) is 12.5 Å². The normalized spacial score (nSPS) is 11.3. The zero-order valence-corrected chi connectivity index (χ0v) is 7.14. The summed E-state index contributed by atoms with van der Waals surface area (Å²) in [6.45, 7) is 0. The highest BCUT2D eigenvalue weighted by molar-refractivity contribution is 5.94. The maximum absolute atomic E-state index is 10.6. The fourth-order valence-electron chi connectivity index (χ4n) is 0.938. The number of hydrogen-bond donors (Lipinski definition) is 2. The van der Waals surface area contributed by atoms with Crippen LogP contribution in [-0.2, 0) is 16.0 Å². The molecule has 0 radical (unpaired) electrons. The van der Waals surface area contributed by atoms with E-state index in [1.807, 2.05) is 0 Å². The van der Waals surface area contributed by atoms with Gasteiger partial charge in [0.05, 0.1) is 11.8 Å². The van der Waals surface area contributed by atoms with Crippen LogP contribution in [0.1, 0.15) is 5.76 Å². The first-order valence-corrected chi connectivity index (χ1v) is 3.79. The molecule has 1 aromatic heterocycles. The van der Waals surface area contributed by atoms with Crippen molar-refractivity contribution in [3.8, 4) is 0 Å². The summed E-state index contributed by atoms with van der Waals surface area (Å²) in [4.78, 5) is 20.9. The smallest absolute Gasteiger partial charge is 0.332 e. The van der Waals surface area contributed by atoms with Crippen molar-refractivity contribution in [2.45, 2.75) is 6.42 Å². The summed E-state index contributed by atoms with van der Waals surface area (Å²) in [5.41, 5.74) is -0.215. The third-order valence-corrected chi connectivity index (χ3v) is 1.52. The first-order valence-electron chi connectivity index (χ1n) is 3.79. The van der Waals surface area contributed by atoms with Crippen molar-refractivity contribution in [1.29, 1.82) is 0 Å². The molecule has 5 heteroatoms. The molecule has 74 valence electrons. The van der Waals surface area contributed by atoms with Crippen LogP contribution in [0.15, 0.2) is 34.5 Å². The average molecular weight is 196 g/mol. The summed E-state index contributed by atoms with van der Waals surface area (Å²) < 4.78 is 4.90. The van der Waals surface area contributed by atoms with Crippen molar-refractivity contribution in [3.63, 3.8) is 0 Å². The van der Waals surface area contributed by atoms with Gasteiger partial charge in [0.25, 0.3) is 0 Å². The number of carbonyl (C=O) groups is 2. The van der Waals surface area contributed by atoms with Crippen LogP contribution in [0.25, 0.3) is 0 Å². The Balaban J connectivity index is 2.81. The molecule has 0 aliphatic carbocycles. The summed E-state index contributed by atoms with van der Waals surface area (Å²) in [5.74, 6) is -2.13. The molecule has 1 aromatic rings. The fraction of sp³-hybridized carbons (Fsp3) is 0.111. The zero-order chi connectivity index (χ0) is 10.6. The molecule has 5 nitrogen and oxygen atoms in total. The average Bonchev–Trinajstić information content (AvgIpc) is 2.54. The largest absolute Gasteiger partial charge is 0.478 e. The number of aliphatic carboxylic acids is 2. The van der Waals surface area contributed by atoms with Crippen LogP contribution >= 0.6 is 0 Å². The molecule has 0 saturated heterocycles. The molecule has 0 atom stereocenters. The zero-order valence-electron chi connectivity index (χ0n) is 7.14. The van der Waals surface area contributed by atoms with E-state index in [0.717, 1.165) is 0 Å². The van der Waals surface area contributed by atoms with E-state index in [-0.39, 0.29) is 12.0 Å². The van der Waals surface area contributed by atoms with Gasteiger partial charge in [-0.05, 0) is 12.1 Å². The quantitative estimate of drug-likeness (QED) is 0.699. The van der Waals surface area contributed by atoms with E-state index in [1.165, 1.54) is 6.26 Å². The standard InChI is InChI=1S/C9H8O5/c10-8(11)5-6(9(12)13)4-7-2-1-3-14-7/h1-3,5H,4H2,(H,10,11)(H,12,13)/b6-5-. The molecule has 0 fully saturated rings. The van der Waals surface area contributed by atoms with Crippen LogP contribution in [0.2, 0.25) is 0 Å². The highest BCUT2D eigenvalue weighted by Gasteiger charge is 2.11. The van der Waals surface area contributed by atoms with Crippen molar-refractivity contribution in [2.75, 3.05) is 0 Å². The molecule has 0 aliphatic rings. The van der Waals surface area contributed by atoms with Crippen LogP contribution in [0, 0.1) is 0 Å². The maximum atomic E-state index is 10.6. The molecular weight excluding hydrogens is 188 g/mol. The van der Waals surface area contributed by atoms with E-state index in [2.05, 4.69) is 0 Å². The van der Waals surface area contributed by atoms with Crippen LogP contribution in [-0.4, -0.2) is 22.2 Å². The summed E-state index contributed by atoms with van der Waals surface area (Å²) in [6, 6.07) is 3.19. The van der Waals surface area contributed by atoms with E-state index in [4.69, 9.17) is 14.6 Å². The lowest BCUT2D eigenvalue weighted by Crippen LogP contribution is -2.06. The minimum atomic E-state index is -1.28. The second-order valence-electron chi connectivity index (χ2n) is 2.57. The molecule has 14 heavy (non-hydrogen) atoms. The van der Waals surface area contributed by atoms with Gasteiger partial charge in [0.2, 0.25) is 0 Å². The Morgan fingerprint density at radius 2 is 2.14 bits per heavy atom. The highest BCUT2D eigenvalue weighted by atomic mass is 16.4. The van der Waals surface area contributed by atoms with Gasteiger partial charge in [-0.1, -0.05) is 0 Å². The number of rotatable bonds is 4. The number of carboxylic acid groups (broad SMARTS) is 2. The van der Waals surface area contributed by atoms with Gasteiger partial charge >= 0.3 is 11.9 Å². The third-order valence-electron chi connectivity index (χ3n) is 1.52. The lowest BCUT2D eigenvalue weighted by atomic mass is 10.1. The number of furan rings is 1.